The zero-order valence-corrected chi connectivity index (χ0v) is 12.3. The van der Waals surface area contributed by atoms with Crippen molar-refractivity contribution < 1.29 is 14.7 Å². The van der Waals surface area contributed by atoms with Gasteiger partial charge < -0.3 is 20.6 Å². The van der Waals surface area contributed by atoms with Crippen LogP contribution in [0.3, 0.4) is 0 Å². The molecule has 1 aromatic carbocycles. The molecule has 0 spiro atoms. The van der Waals surface area contributed by atoms with Gasteiger partial charge in [0.05, 0.1) is 6.61 Å². The van der Waals surface area contributed by atoms with E-state index in [-0.39, 0.29) is 12.0 Å². The lowest BCUT2D eigenvalue weighted by Gasteiger charge is -2.14. The van der Waals surface area contributed by atoms with E-state index in [1.807, 2.05) is 31.1 Å². The third-order valence-electron chi connectivity index (χ3n) is 3.76. The number of amides is 2. The first-order valence-corrected chi connectivity index (χ1v) is 6.93. The van der Waals surface area contributed by atoms with E-state index >= 15 is 0 Å². The highest BCUT2D eigenvalue weighted by Gasteiger charge is 2.42. The van der Waals surface area contributed by atoms with Crippen molar-refractivity contribution in [3.8, 4) is 0 Å². The van der Waals surface area contributed by atoms with Crippen molar-refractivity contribution in [2.45, 2.75) is 12.8 Å². The first-order valence-electron chi connectivity index (χ1n) is 6.93. The van der Waals surface area contributed by atoms with E-state index in [0.29, 0.717) is 12.2 Å². The van der Waals surface area contributed by atoms with Crippen molar-refractivity contribution in [1.29, 1.82) is 0 Å². The zero-order chi connectivity index (χ0) is 15.5. The molecule has 0 aromatic heterocycles. The molecule has 6 nitrogen and oxygen atoms in total. The number of nitrogens with zero attached hydrogens (tertiary/aromatic N) is 1. The highest BCUT2D eigenvalue weighted by atomic mass is 16.3. The Morgan fingerprint density at radius 1 is 1.19 bits per heavy atom. The van der Waals surface area contributed by atoms with Crippen molar-refractivity contribution in [2.75, 3.05) is 37.5 Å². The first-order chi connectivity index (χ1) is 9.96. The summed E-state index contributed by atoms with van der Waals surface area (Å²) in [6.45, 7) is 0.385. The lowest BCUT2D eigenvalue weighted by atomic mass is 10.1. The summed E-state index contributed by atoms with van der Waals surface area (Å²) in [7, 11) is 3.85. The van der Waals surface area contributed by atoms with E-state index < -0.39 is 11.8 Å². The van der Waals surface area contributed by atoms with Crippen LogP contribution < -0.4 is 15.5 Å². The predicted octanol–water partition coefficient (Wildman–Crippen LogP) is 0.580. The lowest BCUT2D eigenvalue weighted by Crippen LogP contribution is -2.39. The van der Waals surface area contributed by atoms with Gasteiger partial charge in [-0.1, -0.05) is 0 Å². The Bertz CT molecular complexity index is 521. The maximum atomic E-state index is 11.8. The largest absolute Gasteiger partial charge is 0.396 e. The maximum Gasteiger partial charge on any atom is 0.313 e. The molecule has 2 rings (SSSR count). The van der Waals surface area contributed by atoms with Gasteiger partial charge >= 0.3 is 11.8 Å². The number of carbonyl (C=O) groups excluding carboxylic acids is 2. The van der Waals surface area contributed by atoms with Gasteiger partial charge in [0.15, 0.2) is 0 Å². The number of rotatable bonds is 5. The number of hydrogen-bond acceptors (Lipinski definition) is 4. The third-order valence-corrected chi connectivity index (χ3v) is 3.76. The Balaban J connectivity index is 1.84. The maximum absolute atomic E-state index is 11.8. The molecule has 3 N–H and O–H groups in total. The van der Waals surface area contributed by atoms with Crippen LogP contribution in [0.1, 0.15) is 12.8 Å². The number of benzene rings is 1. The summed E-state index contributed by atoms with van der Waals surface area (Å²) in [6, 6.07) is 7.21. The number of nitrogens with one attached hydrogen (secondary N) is 2. The quantitative estimate of drug-likeness (QED) is 0.693. The number of aliphatic hydroxyl groups excluding tert-OH is 1. The highest BCUT2D eigenvalue weighted by Crippen LogP contribution is 2.44. The van der Waals surface area contributed by atoms with E-state index in [1.165, 1.54) is 0 Å². The van der Waals surface area contributed by atoms with Gasteiger partial charge in [-0.3, -0.25) is 9.59 Å². The monoisotopic (exact) mass is 291 g/mol. The summed E-state index contributed by atoms with van der Waals surface area (Å²) >= 11 is 0. The van der Waals surface area contributed by atoms with Crippen molar-refractivity contribution in [2.24, 2.45) is 5.41 Å². The highest BCUT2D eigenvalue weighted by molar-refractivity contribution is 6.39. The molecule has 21 heavy (non-hydrogen) atoms. The van der Waals surface area contributed by atoms with E-state index in [2.05, 4.69) is 10.6 Å². The Hall–Kier alpha value is -2.08. The molecule has 114 valence electrons. The van der Waals surface area contributed by atoms with Crippen molar-refractivity contribution in [1.82, 2.24) is 5.32 Å². The van der Waals surface area contributed by atoms with Gasteiger partial charge in [-0.2, -0.15) is 0 Å². The molecule has 0 radical (unpaired) electrons. The van der Waals surface area contributed by atoms with Crippen LogP contribution in [0.2, 0.25) is 0 Å². The first kappa shape index (κ1) is 15.3. The molecular formula is C15H21N3O3. The van der Waals surface area contributed by atoms with Gasteiger partial charge in [-0.25, -0.2) is 0 Å². The fraction of sp³-hybridized carbons (Fsp3) is 0.467. The zero-order valence-electron chi connectivity index (χ0n) is 12.3. The minimum absolute atomic E-state index is 0.0426. The summed E-state index contributed by atoms with van der Waals surface area (Å²) in [6.07, 6.45) is 1.77. The SMILES string of the molecule is CN(C)c1ccc(NC(=O)C(=O)NCC2(CO)CC2)cc1. The van der Waals surface area contributed by atoms with Gasteiger partial charge in [-0.05, 0) is 37.1 Å². The summed E-state index contributed by atoms with van der Waals surface area (Å²) in [5, 5.41) is 14.3. The van der Waals surface area contributed by atoms with Gasteiger partial charge in [0.2, 0.25) is 0 Å². The normalized spacial score (nSPS) is 15.2. The van der Waals surface area contributed by atoms with E-state index in [9.17, 15) is 9.59 Å². The van der Waals surface area contributed by atoms with E-state index in [1.54, 1.807) is 12.1 Å². The molecule has 1 saturated carbocycles. The topological polar surface area (TPSA) is 81.7 Å². The third kappa shape index (κ3) is 3.95. The summed E-state index contributed by atoms with van der Waals surface area (Å²) in [5.41, 5.74) is 1.38. The Labute approximate surface area is 124 Å². The van der Waals surface area contributed by atoms with Crippen LogP contribution in [-0.4, -0.2) is 44.2 Å². The molecule has 1 aromatic rings. The van der Waals surface area contributed by atoms with Gasteiger partial charge in [-0.15, -0.1) is 0 Å². The fourth-order valence-corrected chi connectivity index (χ4v) is 1.95. The van der Waals surface area contributed by atoms with Crippen LogP contribution in [0, 0.1) is 5.41 Å². The smallest absolute Gasteiger partial charge is 0.313 e. The second-order valence-electron chi connectivity index (χ2n) is 5.74. The van der Waals surface area contributed by atoms with Gasteiger partial charge in [0.1, 0.15) is 0 Å². The second kappa shape index (κ2) is 6.13. The molecule has 0 atom stereocenters. The molecule has 6 heteroatoms. The summed E-state index contributed by atoms with van der Waals surface area (Å²) < 4.78 is 0. The van der Waals surface area contributed by atoms with Crippen LogP contribution in [0.5, 0.6) is 0 Å². The molecular weight excluding hydrogens is 270 g/mol. The van der Waals surface area contributed by atoms with Crippen molar-refractivity contribution in [3.63, 3.8) is 0 Å². The molecule has 0 saturated heterocycles. The number of carbonyl (C=O) groups is 2. The van der Waals surface area contributed by atoms with E-state index in [4.69, 9.17) is 5.11 Å². The van der Waals surface area contributed by atoms with Crippen LogP contribution >= 0.6 is 0 Å². The fourth-order valence-electron chi connectivity index (χ4n) is 1.95. The molecule has 1 fully saturated rings. The van der Waals surface area contributed by atoms with Gasteiger partial charge in [0, 0.05) is 37.4 Å². The van der Waals surface area contributed by atoms with Crippen LogP contribution in [0.15, 0.2) is 24.3 Å². The lowest BCUT2D eigenvalue weighted by molar-refractivity contribution is -0.136. The number of anilines is 2. The summed E-state index contributed by atoms with van der Waals surface area (Å²) in [5.74, 6) is -1.37. The number of aliphatic hydroxyl groups is 1. The molecule has 1 aliphatic carbocycles. The molecule has 0 aliphatic heterocycles. The van der Waals surface area contributed by atoms with Crippen LogP contribution in [0.25, 0.3) is 0 Å². The average molecular weight is 291 g/mol. The van der Waals surface area contributed by atoms with Crippen molar-refractivity contribution >= 4 is 23.2 Å². The minimum Gasteiger partial charge on any atom is -0.396 e. The Morgan fingerprint density at radius 2 is 1.81 bits per heavy atom. The molecule has 2 amide bonds. The molecule has 0 unspecified atom stereocenters. The predicted molar refractivity (Wildman–Crippen MR) is 81.2 cm³/mol. The Kier molecular flexibility index (Phi) is 4.47. The molecule has 0 heterocycles. The summed E-state index contributed by atoms with van der Waals surface area (Å²) in [4.78, 5) is 25.4. The molecule has 0 bridgehead atoms. The van der Waals surface area contributed by atoms with Gasteiger partial charge in [0.25, 0.3) is 0 Å². The molecule has 1 aliphatic rings. The van der Waals surface area contributed by atoms with E-state index in [0.717, 1.165) is 18.5 Å². The number of hydrogen-bond donors (Lipinski definition) is 3. The van der Waals surface area contributed by atoms with Crippen LogP contribution in [-0.2, 0) is 9.59 Å². The standard InChI is InChI=1S/C15H21N3O3/c1-18(2)12-5-3-11(4-6-12)17-14(21)13(20)16-9-15(10-19)7-8-15/h3-6,19H,7-10H2,1-2H3,(H,16,20)(H,17,21). The second-order valence-corrected chi connectivity index (χ2v) is 5.74. The van der Waals surface area contributed by atoms with Crippen molar-refractivity contribution in [3.05, 3.63) is 24.3 Å². The Morgan fingerprint density at radius 3 is 2.29 bits per heavy atom. The van der Waals surface area contributed by atoms with Crippen LogP contribution in [0.4, 0.5) is 11.4 Å². The average Bonchev–Trinajstić information content (AvgIpc) is 3.26. The minimum atomic E-state index is -0.693.